The summed E-state index contributed by atoms with van der Waals surface area (Å²) in [7, 11) is 0. The fourth-order valence-electron chi connectivity index (χ4n) is 3.02. The first-order valence-corrected chi connectivity index (χ1v) is 10.2. The molecule has 1 aromatic heterocycles. The predicted octanol–water partition coefficient (Wildman–Crippen LogP) is 2.52. The van der Waals surface area contributed by atoms with Gasteiger partial charge in [0.25, 0.3) is 0 Å². The van der Waals surface area contributed by atoms with E-state index in [0.29, 0.717) is 12.0 Å². The molecule has 2 rings (SSSR count). The zero-order valence-corrected chi connectivity index (χ0v) is 19.6. The number of rotatable bonds is 8. The van der Waals surface area contributed by atoms with E-state index in [1.807, 2.05) is 6.92 Å². The Bertz CT molecular complexity index is 531. The molecule has 6 nitrogen and oxygen atoms in total. The molecule has 0 radical (unpaired) electrons. The Morgan fingerprint density at radius 3 is 2.65 bits per heavy atom. The van der Waals surface area contributed by atoms with Gasteiger partial charge in [-0.25, -0.2) is 4.98 Å². The average Bonchev–Trinajstić information content (AvgIpc) is 3.01. The minimum atomic E-state index is 0. The molecule has 1 fully saturated rings. The molecule has 150 valence electrons. The minimum Gasteiger partial charge on any atom is -0.379 e. The number of morpholine rings is 1. The summed E-state index contributed by atoms with van der Waals surface area (Å²) in [6, 6.07) is 0.459. The standard InChI is InChI=1S/C18H33N5OS.HI/c1-5-19-18(20-7-6-16-13-25-15(4)22-16)21-12-17(14(2)3)23-8-10-24-11-9-23;/h13-14,17H,5-12H2,1-4H3,(H2,19,20,21);1H. The summed E-state index contributed by atoms with van der Waals surface area (Å²) in [4.78, 5) is 11.9. The Morgan fingerprint density at radius 2 is 2.08 bits per heavy atom. The SMILES string of the molecule is CCNC(=NCC(C(C)C)N1CCOCC1)NCCc1csc(C)n1.I. The van der Waals surface area contributed by atoms with Gasteiger partial charge in [-0.2, -0.15) is 0 Å². The van der Waals surface area contributed by atoms with Gasteiger partial charge < -0.3 is 15.4 Å². The number of nitrogens with zero attached hydrogens (tertiary/aromatic N) is 3. The molecule has 0 aromatic carbocycles. The van der Waals surface area contributed by atoms with E-state index in [1.165, 1.54) is 0 Å². The van der Waals surface area contributed by atoms with Crippen LogP contribution in [0.1, 0.15) is 31.5 Å². The highest BCUT2D eigenvalue weighted by atomic mass is 127. The van der Waals surface area contributed by atoms with Crippen molar-refractivity contribution in [1.29, 1.82) is 0 Å². The Labute approximate surface area is 179 Å². The first kappa shape index (κ1) is 23.6. The number of ether oxygens (including phenoxy) is 1. The molecule has 26 heavy (non-hydrogen) atoms. The minimum absolute atomic E-state index is 0. The maximum absolute atomic E-state index is 5.48. The molecule has 0 amide bonds. The number of aliphatic imine (C=N–C) groups is 1. The van der Waals surface area contributed by atoms with Crippen LogP contribution in [0.3, 0.4) is 0 Å². The molecule has 0 saturated carbocycles. The number of thiazole rings is 1. The van der Waals surface area contributed by atoms with Crippen molar-refractivity contribution >= 4 is 41.3 Å². The molecule has 8 heteroatoms. The van der Waals surface area contributed by atoms with Crippen molar-refractivity contribution in [2.75, 3.05) is 45.9 Å². The Balaban J connectivity index is 0.00000338. The summed E-state index contributed by atoms with van der Waals surface area (Å²) in [5.74, 6) is 1.47. The summed E-state index contributed by atoms with van der Waals surface area (Å²) in [6.45, 7) is 14.9. The number of hydrogen-bond donors (Lipinski definition) is 2. The van der Waals surface area contributed by atoms with Gasteiger partial charge in [0, 0.05) is 44.0 Å². The van der Waals surface area contributed by atoms with Gasteiger partial charge in [0.2, 0.25) is 0 Å². The molecule has 2 N–H and O–H groups in total. The molecule has 1 saturated heterocycles. The van der Waals surface area contributed by atoms with E-state index in [2.05, 4.69) is 46.7 Å². The maximum Gasteiger partial charge on any atom is 0.191 e. The molecule has 0 spiro atoms. The molecule has 1 atom stereocenters. The summed E-state index contributed by atoms with van der Waals surface area (Å²) >= 11 is 1.71. The van der Waals surface area contributed by atoms with Gasteiger partial charge in [-0.3, -0.25) is 9.89 Å². The van der Waals surface area contributed by atoms with Crippen LogP contribution in [0.4, 0.5) is 0 Å². The lowest BCUT2D eigenvalue weighted by molar-refractivity contribution is 0.00867. The Hall–Kier alpha value is -0.450. The van der Waals surface area contributed by atoms with Crippen LogP contribution in [0.2, 0.25) is 0 Å². The monoisotopic (exact) mass is 495 g/mol. The zero-order valence-electron chi connectivity index (χ0n) is 16.5. The van der Waals surface area contributed by atoms with Crippen molar-refractivity contribution in [3.63, 3.8) is 0 Å². The van der Waals surface area contributed by atoms with Crippen molar-refractivity contribution in [2.24, 2.45) is 10.9 Å². The summed E-state index contributed by atoms with van der Waals surface area (Å²) in [6.07, 6.45) is 0.922. The second-order valence-corrected chi connectivity index (χ2v) is 7.78. The molecule has 1 aliphatic heterocycles. The van der Waals surface area contributed by atoms with Crippen molar-refractivity contribution in [3.8, 4) is 0 Å². The number of aromatic nitrogens is 1. The summed E-state index contributed by atoms with van der Waals surface area (Å²) in [5.41, 5.74) is 1.15. The normalized spacial score (nSPS) is 17.0. The first-order chi connectivity index (χ1) is 12.1. The van der Waals surface area contributed by atoms with E-state index >= 15 is 0 Å². The summed E-state index contributed by atoms with van der Waals surface area (Å²) < 4.78 is 5.48. The van der Waals surface area contributed by atoms with Crippen molar-refractivity contribution in [2.45, 2.75) is 40.2 Å². The topological polar surface area (TPSA) is 61.8 Å². The number of guanidine groups is 1. The van der Waals surface area contributed by atoms with Gasteiger partial charge in [-0.05, 0) is 19.8 Å². The van der Waals surface area contributed by atoms with E-state index < -0.39 is 0 Å². The second-order valence-electron chi connectivity index (χ2n) is 6.71. The van der Waals surface area contributed by atoms with E-state index in [1.54, 1.807) is 11.3 Å². The van der Waals surface area contributed by atoms with Crippen LogP contribution < -0.4 is 10.6 Å². The van der Waals surface area contributed by atoms with Crippen LogP contribution in [0.15, 0.2) is 10.4 Å². The Kier molecular flexibility index (Phi) is 11.7. The molecular formula is C18H34IN5OS. The Morgan fingerprint density at radius 1 is 1.35 bits per heavy atom. The third kappa shape index (κ3) is 8.06. The lowest BCUT2D eigenvalue weighted by Crippen LogP contribution is -2.48. The van der Waals surface area contributed by atoms with E-state index in [0.717, 1.165) is 69.0 Å². The number of hydrogen-bond acceptors (Lipinski definition) is 5. The van der Waals surface area contributed by atoms with Crippen LogP contribution >= 0.6 is 35.3 Å². The maximum atomic E-state index is 5.48. The molecule has 2 heterocycles. The highest BCUT2D eigenvalue weighted by Gasteiger charge is 2.23. The van der Waals surface area contributed by atoms with E-state index in [4.69, 9.17) is 9.73 Å². The number of nitrogens with one attached hydrogen (secondary N) is 2. The van der Waals surface area contributed by atoms with Gasteiger partial charge in [-0.15, -0.1) is 35.3 Å². The van der Waals surface area contributed by atoms with Crippen LogP contribution in [0, 0.1) is 12.8 Å². The third-order valence-corrected chi connectivity index (χ3v) is 5.23. The fourth-order valence-corrected chi connectivity index (χ4v) is 3.66. The van der Waals surface area contributed by atoms with E-state index in [-0.39, 0.29) is 24.0 Å². The van der Waals surface area contributed by atoms with Crippen LogP contribution in [-0.4, -0.2) is 67.8 Å². The molecule has 1 aliphatic rings. The third-order valence-electron chi connectivity index (χ3n) is 4.41. The van der Waals surface area contributed by atoms with Crippen LogP contribution in [-0.2, 0) is 11.2 Å². The largest absolute Gasteiger partial charge is 0.379 e. The van der Waals surface area contributed by atoms with Crippen molar-refractivity contribution in [3.05, 3.63) is 16.1 Å². The lowest BCUT2D eigenvalue weighted by Gasteiger charge is -2.36. The van der Waals surface area contributed by atoms with Crippen molar-refractivity contribution in [1.82, 2.24) is 20.5 Å². The van der Waals surface area contributed by atoms with E-state index in [9.17, 15) is 0 Å². The van der Waals surface area contributed by atoms with Crippen molar-refractivity contribution < 1.29 is 4.74 Å². The smallest absolute Gasteiger partial charge is 0.191 e. The van der Waals surface area contributed by atoms with Crippen LogP contribution in [0.5, 0.6) is 0 Å². The van der Waals surface area contributed by atoms with Gasteiger partial charge in [0.1, 0.15) is 0 Å². The molecule has 0 aliphatic carbocycles. The predicted molar refractivity (Wildman–Crippen MR) is 121 cm³/mol. The van der Waals surface area contributed by atoms with Gasteiger partial charge in [0.05, 0.1) is 30.5 Å². The summed E-state index contributed by atoms with van der Waals surface area (Å²) in [5, 5.41) is 10.0. The van der Waals surface area contributed by atoms with Gasteiger partial charge in [-0.1, -0.05) is 13.8 Å². The molecule has 0 bridgehead atoms. The van der Waals surface area contributed by atoms with Gasteiger partial charge >= 0.3 is 0 Å². The zero-order chi connectivity index (χ0) is 18.1. The molecular weight excluding hydrogens is 461 g/mol. The first-order valence-electron chi connectivity index (χ1n) is 9.35. The lowest BCUT2D eigenvalue weighted by atomic mass is 10.0. The second kappa shape index (κ2) is 12.9. The quantitative estimate of drug-likeness (QED) is 0.330. The number of halogens is 1. The van der Waals surface area contributed by atoms with Crippen LogP contribution in [0.25, 0.3) is 0 Å². The molecule has 1 unspecified atom stereocenters. The van der Waals surface area contributed by atoms with Gasteiger partial charge in [0.15, 0.2) is 5.96 Å². The number of aryl methyl sites for hydroxylation is 1. The molecule has 1 aromatic rings. The highest BCUT2D eigenvalue weighted by molar-refractivity contribution is 14.0. The fraction of sp³-hybridized carbons (Fsp3) is 0.778. The highest BCUT2D eigenvalue weighted by Crippen LogP contribution is 2.13. The average molecular weight is 495 g/mol.